The Morgan fingerprint density at radius 3 is 2.09 bits per heavy atom. The van der Waals surface area contributed by atoms with E-state index in [1.54, 1.807) is 6.07 Å². The molecule has 9 nitrogen and oxygen atoms in total. The summed E-state index contributed by atoms with van der Waals surface area (Å²) in [6.07, 6.45) is 2.80. The third kappa shape index (κ3) is 8.55. The Bertz CT molecular complexity index is 1600. The number of aryl methyl sites for hydroxylation is 2. The van der Waals surface area contributed by atoms with Crippen molar-refractivity contribution < 1.29 is 29.6 Å². The Hall–Kier alpha value is -4.47. The van der Waals surface area contributed by atoms with Crippen molar-refractivity contribution in [3.05, 3.63) is 110 Å². The fourth-order valence-electron chi connectivity index (χ4n) is 5.57. The summed E-state index contributed by atoms with van der Waals surface area (Å²) in [5.41, 5.74) is 8.00. The number of fused-ring (bicyclic) bond motifs is 2. The first-order valence-electron chi connectivity index (χ1n) is 15.0. The number of nitrogens with one attached hydrogen (secondary N) is 2. The van der Waals surface area contributed by atoms with Crippen LogP contribution >= 0.6 is 0 Å². The number of carboxylic acid groups (broad SMARTS) is 2. The molecule has 0 amide bonds. The minimum Gasteiger partial charge on any atom is -0.487 e. The zero-order valence-electron chi connectivity index (χ0n) is 25.1. The molecule has 0 saturated heterocycles. The zero-order chi connectivity index (χ0) is 31.6. The molecule has 4 aromatic rings. The number of aromatic nitrogens is 1. The number of hydrogen-bond donors (Lipinski definition) is 5. The maximum absolute atomic E-state index is 12.1. The molecule has 0 spiro atoms. The van der Waals surface area contributed by atoms with E-state index in [4.69, 9.17) is 14.9 Å². The van der Waals surface area contributed by atoms with Gasteiger partial charge in [0.25, 0.3) is 0 Å². The molecule has 3 aromatic carbocycles. The third-order valence-electron chi connectivity index (χ3n) is 7.86. The van der Waals surface area contributed by atoms with Gasteiger partial charge in [-0.3, -0.25) is 14.4 Å². The summed E-state index contributed by atoms with van der Waals surface area (Å²) < 4.78 is 6.04. The monoisotopic (exact) mass is 600 g/mol. The van der Waals surface area contributed by atoms with E-state index in [-0.39, 0.29) is 18.4 Å². The smallest absolute Gasteiger partial charge is 0.303 e. The number of hydrogen-bond acceptors (Lipinski definition) is 6. The highest BCUT2D eigenvalue weighted by Gasteiger charge is 2.24. The van der Waals surface area contributed by atoms with Gasteiger partial charge in [0.2, 0.25) is 5.56 Å². The molecule has 0 aliphatic heterocycles. The number of pyridine rings is 1. The molecule has 0 fully saturated rings. The van der Waals surface area contributed by atoms with Gasteiger partial charge in [-0.2, -0.15) is 0 Å². The van der Waals surface area contributed by atoms with E-state index in [9.17, 15) is 19.5 Å². The van der Waals surface area contributed by atoms with Gasteiger partial charge >= 0.3 is 11.9 Å². The highest BCUT2D eigenvalue weighted by Crippen LogP contribution is 2.31. The molecule has 0 radical (unpaired) electrons. The second-order valence-electron chi connectivity index (χ2n) is 11.0. The minimum absolute atomic E-state index is 0.196. The van der Waals surface area contributed by atoms with Crippen molar-refractivity contribution in [2.75, 3.05) is 6.54 Å². The summed E-state index contributed by atoms with van der Waals surface area (Å²) in [7, 11) is 0. The van der Waals surface area contributed by atoms with Gasteiger partial charge in [-0.25, -0.2) is 0 Å². The van der Waals surface area contributed by atoms with Gasteiger partial charge < -0.3 is 30.4 Å². The predicted molar refractivity (Wildman–Crippen MR) is 169 cm³/mol. The Balaban J connectivity index is 0.000000488. The van der Waals surface area contributed by atoms with Crippen molar-refractivity contribution in [3.63, 3.8) is 0 Å². The molecule has 5 rings (SSSR count). The zero-order valence-corrected chi connectivity index (χ0v) is 25.1. The first kappa shape index (κ1) is 32.4. The fourth-order valence-corrected chi connectivity index (χ4v) is 5.57. The Morgan fingerprint density at radius 1 is 0.909 bits per heavy atom. The number of aliphatic carboxylic acids is 2. The lowest BCUT2D eigenvalue weighted by Crippen LogP contribution is -2.33. The minimum atomic E-state index is -1.08. The van der Waals surface area contributed by atoms with E-state index >= 15 is 0 Å². The molecule has 232 valence electrons. The summed E-state index contributed by atoms with van der Waals surface area (Å²) in [6.45, 7) is 5.28. The molecule has 0 bridgehead atoms. The topological polar surface area (TPSA) is 149 Å². The maximum atomic E-state index is 12.1. The van der Waals surface area contributed by atoms with Crippen LogP contribution in [0.2, 0.25) is 0 Å². The first-order chi connectivity index (χ1) is 21.2. The van der Waals surface area contributed by atoms with Gasteiger partial charge in [0.15, 0.2) is 0 Å². The Morgan fingerprint density at radius 2 is 1.52 bits per heavy atom. The van der Waals surface area contributed by atoms with E-state index in [1.165, 1.54) is 28.3 Å². The normalized spacial score (nSPS) is 13.2. The largest absolute Gasteiger partial charge is 0.487 e. The first-order valence-corrected chi connectivity index (χ1v) is 15.0. The molecule has 0 saturated carbocycles. The average molecular weight is 601 g/mol. The van der Waals surface area contributed by atoms with E-state index in [1.807, 2.05) is 42.5 Å². The van der Waals surface area contributed by atoms with Crippen LogP contribution in [0.5, 0.6) is 5.75 Å². The highest BCUT2D eigenvalue weighted by molar-refractivity contribution is 5.87. The third-order valence-corrected chi connectivity index (χ3v) is 7.86. The summed E-state index contributed by atoms with van der Waals surface area (Å²) in [5.74, 6) is -1.56. The van der Waals surface area contributed by atoms with Gasteiger partial charge in [0.1, 0.15) is 12.4 Å². The van der Waals surface area contributed by atoms with Crippen LogP contribution in [0.1, 0.15) is 66.2 Å². The van der Waals surface area contributed by atoms with E-state index in [2.05, 4.69) is 36.3 Å². The number of carboxylic acids is 2. The van der Waals surface area contributed by atoms with Crippen molar-refractivity contribution in [2.24, 2.45) is 0 Å². The lowest BCUT2D eigenvalue weighted by molar-refractivity contribution is -0.143. The van der Waals surface area contributed by atoms with Crippen molar-refractivity contribution >= 4 is 22.8 Å². The van der Waals surface area contributed by atoms with Crippen LogP contribution in [-0.4, -0.2) is 44.8 Å². The number of H-pyrrole nitrogens is 1. The highest BCUT2D eigenvalue weighted by atomic mass is 16.5. The summed E-state index contributed by atoms with van der Waals surface area (Å²) in [5, 5.41) is 31.3. The molecule has 1 aliphatic carbocycles. The predicted octanol–water partition coefficient (Wildman–Crippen LogP) is 4.96. The molecule has 1 aliphatic rings. The number of carbonyl (C=O) groups is 2. The average Bonchev–Trinajstić information content (AvgIpc) is 3.43. The number of aromatic amines is 1. The van der Waals surface area contributed by atoms with Crippen molar-refractivity contribution in [1.29, 1.82) is 0 Å². The molecule has 5 N–H and O–H groups in total. The van der Waals surface area contributed by atoms with Crippen LogP contribution in [0.25, 0.3) is 10.9 Å². The number of rotatable bonds is 12. The number of aliphatic hydroxyl groups excluding tert-OH is 1. The van der Waals surface area contributed by atoms with E-state index in [0.29, 0.717) is 30.5 Å². The van der Waals surface area contributed by atoms with Crippen molar-refractivity contribution in [2.45, 2.75) is 71.1 Å². The van der Waals surface area contributed by atoms with Crippen LogP contribution < -0.4 is 15.6 Å². The molecular weight excluding hydrogens is 560 g/mol. The number of ether oxygens (including phenoxy) is 1. The Kier molecular flexibility index (Phi) is 11.3. The van der Waals surface area contributed by atoms with Crippen LogP contribution in [0.3, 0.4) is 0 Å². The van der Waals surface area contributed by atoms with Gasteiger partial charge in [0, 0.05) is 24.0 Å². The molecule has 1 atom stereocenters. The SMILES string of the molecule is CCc1cc2c(cc1CC)CC(NC[C@H](O)c1ccc(OCc3ccccc3)c3[nH]c(=O)ccc13)C2.O=C(O)CCC(=O)O. The van der Waals surface area contributed by atoms with Gasteiger partial charge in [-0.05, 0) is 71.2 Å². The molecule has 44 heavy (non-hydrogen) atoms. The standard InChI is InChI=1S/C31H34N2O3.C4H6O4/c1-3-21-14-23-16-25(17-24(23)15-22(21)4-2)32-18-28(34)26-10-12-29(31-27(26)11-13-30(35)33-31)36-19-20-8-6-5-7-9-20;5-3(6)1-2-4(7)8/h5-15,25,28,32,34H,3-4,16-19H2,1-2H3,(H,33,35);1-2H2,(H,5,6)(H,7,8)/t28-;/m0./s1. The van der Waals surface area contributed by atoms with E-state index < -0.39 is 18.0 Å². The van der Waals surface area contributed by atoms with Crippen LogP contribution in [-0.2, 0) is 41.9 Å². The molecule has 1 heterocycles. The lowest BCUT2D eigenvalue weighted by Gasteiger charge is -2.19. The molecule has 1 aromatic heterocycles. The molecule has 0 unspecified atom stereocenters. The van der Waals surface area contributed by atoms with Gasteiger partial charge in [-0.15, -0.1) is 0 Å². The number of aliphatic hydroxyl groups is 1. The van der Waals surface area contributed by atoms with Crippen LogP contribution in [0, 0.1) is 0 Å². The quantitative estimate of drug-likeness (QED) is 0.153. The van der Waals surface area contributed by atoms with Crippen molar-refractivity contribution in [3.8, 4) is 5.75 Å². The van der Waals surface area contributed by atoms with Crippen molar-refractivity contribution in [1.82, 2.24) is 10.3 Å². The fraction of sp³-hybridized carbons (Fsp3) is 0.343. The molecular formula is C35H40N2O7. The van der Waals surface area contributed by atoms with Crippen LogP contribution in [0.15, 0.2) is 71.5 Å². The van der Waals surface area contributed by atoms with Gasteiger partial charge in [-0.1, -0.05) is 62.4 Å². The van der Waals surface area contributed by atoms with Crippen LogP contribution in [0.4, 0.5) is 0 Å². The van der Waals surface area contributed by atoms with E-state index in [0.717, 1.165) is 42.2 Å². The molecule has 9 heteroatoms. The summed E-state index contributed by atoms with van der Waals surface area (Å²) in [4.78, 5) is 34.3. The van der Waals surface area contributed by atoms with Gasteiger partial charge in [0.05, 0.1) is 24.5 Å². The second kappa shape index (κ2) is 15.3. The Labute approximate surface area is 256 Å². The number of benzene rings is 3. The summed E-state index contributed by atoms with van der Waals surface area (Å²) in [6, 6.07) is 22.0. The lowest BCUT2D eigenvalue weighted by atomic mass is 9.97. The second-order valence-corrected chi connectivity index (χ2v) is 11.0. The maximum Gasteiger partial charge on any atom is 0.303 e. The summed E-state index contributed by atoms with van der Waals surface area (Å²) >= 11 is 0.